The molecule has 1 atom stereocenters. The summed E-state index contributed by atoms with van der Waals surface area (Å²) in [6, 6.07) is 3.03. The van der Waals surface area contributed by atoms with Crippen LogP contribution in [0.1, 0.15) is 35.9 Å². The minimum Gasteiger partial charge on any atom is -0.368 e. The number of nitrogens with two attached hydrogens (primary N) is 1. The molecule has 0 radical (unpaired) electrons. The van der Waals surface area contributed by atoms with Gasteiger partial charge in [-0.1, -0.05) is 19.8 Å². The Bertz CT molecular complexity index is 431. The topological polar surface area (TPSA) is 84.2 Å². The highest BCUT2D eigenvalue weighted by Crippen LogP contribution is 2.14. The van der Waals surface area contributed by atoms with Crippen molar-refractivity contribution in [3.05, 3.63) is 21.9 Å². The summed E-state index contributed by atoms with van der Waals surface area (Å²) in [6.07, 6.45) is 2.40. The number of thiophene rings is 1. The van der Waals surface area contributed by atoms with Gasteiger partial charge in [-0.15, -0.1) is 11.3 Å². The van der Waals surface area contributed by atoms with Crippen LogP contribution in [-0.4, -0.2) is 18.0 Å². The molecule has 0 fully saturated rings. The molecule has 106 valence electrons. The van der Waals surface area contributed by atoms with Crippen molar-refractivity contribution in [2.45, 2.75) is 45.7 Å². The lowest BCUT2D eigenvalue weighted by Gasteiger charge is -2.15. The molecular formula is C13H21N3O2S. The van der Waals surface area contributed by atoms with E-state index in [1.54, 1.807) is 11.3 Å². The molecular weight excluding hydrogens is 262 g/mol. The number of carbonyl (C=O) groups is 2. The quantitative estimate of drug-likeness (QED) is 0.714. The van der Waals surface area contributed by atoms with Crippen molar-refractivity contribution >= 4 is 23.3 Å². The fourth-order valence-electron chi connectivity index (χ4n) is 1.65. The zero-order chi connectivity index (χ0) is 14.3. The van der Waals surface area contributed by atoms with E-state index in [1.807, 2.05) is 26.0 Å². The number of primary amides is 1. The first-order valence-electron chi connectivity index (χ1n) is 6.42. The van der Waals surface area contributed by atoms with Gasteiger partial charge >= 0.3 is 6.03 Å². The molecule has 0 saturated heterocycles. The lowest BCUT2D eigenvalue weighted by atomic mass is 10.1. The molecule has 1 rings (SSSR count). The zero-order valence-electron chi connectivity index (χ0n) is 11.4. The Hall–Kier alpha value is -1.56. The van der Waals surface area contributed by atoms with Gasteiger partial charge in [-0.25, -0.2) is 4.79 Å². The number of carbonyl (C=O) groups excluding carboxylic acids is 2. The number of rotatable bonds is 7. The van der Waals surface area contributed by atoms with E-state index >= 15 is 0 Å². The van der Waals surface area contributed by atoms with E-state index in [-0.39, 0.29) is 6.03 Å². The third-order valence-corrected chi connectivity index (χ3v) is 3.71. The van der Waals surface area contributed by atoms with Gasteiger partial charge in [0.25, 0.3) is 0 Å². The van der Waals surface area contributed by atoms with Crippen LogP contribution in [0.25, 0.3) is 0 Å². The van der Waals surface area contributed by atoms with Crippen LogP contribution in [0.15, 0.2) is 12.1 Å². The van der Waals surface area contributed by atoms with Crippen LogP contribution >= 0.6 is 11.3 Å². The molecule has 1 aromatic heterocycles. The molecule has 0 aliphatic rings. The van der Waals surface area contributed by atoms with Crippen LogP contribution in [0.4, 0.5) is 4.79 Å². The molecule has 4 N–H and O–H groups in total. The van der Waals surface area contributed by atoms with Gasteiger partial charge < -0.3 is 16.4 Å². The molecule has 0 aliphatic heterocycles. The van der Waals surface area contributed by atoms with Gasteiger partial charge in [0.1, 0.15) is 6.04 Å². The maximum absolute atomic E-state index is 11.7. The van der Waals surface area contributed by atoms with Crippen molar-refractivity contribution in [1.29, 1.82) is 0 Å². The second-order valence-corrected chi connectivity index (χ2v) is 5.81. The van der Waals surface area contributed by atoms with E-state index in [0.717, 1.165) is 17.7 Å². The molecule has 5 nitrogen and oxygen atoms in total. The zero-order valence-corrected chi connectivity index (χ0v) is 12.2. The second kappa shape index (κ2) is 7.78. The van der Waals surface area contributed by atoms with Crippen molar-refractivity contribution < 1.29 is 9.59 Å². The van der Waals surface area contributed by atoms with Crippen molar-refractivity contribution in [2.24, 2.45) is 5.73 Å². The fourth-order valence-corrected chi connectivity index (χ4v) is 2.48. The SMILES string of the molecule is CCCC[C@H](NC(=O)NCc1ccc(C)s1)C(N)=O. The summed E-state index contributed by atoms with van der Waals surface area (Å²) < 4.78 is 0. The van der Waals surface area contributed by atoms with Crippen LogP contribution in [0.3, 0.4) is 0 Å². The molecule has 3 amide bonds. The van der Waals surface area contributed by atoms with Crippen LogP contribution in [-0.2, 0) is 11.3 Å². The van der Waals surface area contributed by atoms with E-state index in [0.29, 0.717) is 13.0 Å². The Labute approximate surface area is 117 Å². The molecule has 1 aromatic rings. The smallest absolute Gasteiger partial charge is 0.315 e. The summed E-state index contributed by atoms with van der Waals surface area (Å²) in [7, 11) is 0. The molecule has 0 aliphatic carbocycles. The molecule has 0 spiro atoms. The van der Waals surface area contributed by atoms with E-state index in [1.165, 1.54) is 4.88 Å². The highest BCUT2D eigenvalue weighted by molar-refractivity contribution is 7.11. The average molecular weight is 283 g/mol. The van der Waals surface area contributed by atoms with Gasteiger partial charge in [-0.05, 0) is 25.5 Å². The molecule has 0 aromatic carbocycles. The fraction of sp³-hybridized carbons (Fsp3) is 0.538. The first-order chi connectivity index (χ1) is 9.02. The van der Waals surface area contributed by atoms with Gasteiger partial charge in [-0.3, -0.25) is 4.79 Å². The Balaban J connectivity index is 2.37. The van der Waals surface area contributed by atoms with Gasteiger partial charge in [-0.2, -0.15) is 0 Å². The Kier molecular flexibility index (Phi) is 6.35. The summed E-state index contributed by atoms with van der Waals surface area (Å²) in [6.45, 7) is 4.50. The summed E-state index contributed by atoms with van der Waals surface area (Å²) in [5.74, 6) is -0.490. The normalized spacial score (nSPS) is 11.9. The number of nitrogens with one attached hydrogen (secondary N) is 2. The number of aryl methyl sites for hydroxylation is 1. The number of hydrogen-bond donors (Lipinski definition) is 3. The van der Waals surface area contributed by atoms with E-state index in [9.17, 15) is 9.59 Å². The van der Waals surface area contributed by atoms with Gasteiger partial charge in [0, 0.05) is 9.75 Å². The van der Waals surface area contributed by atoms with Crippen molar-refractivity contribution in [3.8, 4) is 0 Å². The van der Waals surface area contributed by atoms with Gasteiger partial charge in [0.05, 0.1) is 6.54 Å². The van der Waals surface area contributed by atoms with Gasteiger partial charge in [0.15, 0.2) is 0 Å². The lowest BCUT2D eigenvalue weighted by molar-refractivity contribution is -0.119. The third kappa shape index (κ3) is 5.74. The first kappa shape index (κ1) is 15.5. The van der Waals surface area contributed by atoms with Crippen molar-refractivity contribution in [1.82, 2.24) is 10.6 Å². The maximum Gasteiger partial charge on any atom is 0.315 e. The standard InChI is InChI=1S/C13H21N3O2S/c1-3-4-5-11(12(14)17)16-13(18)15-8-10-7-6-9(2)19-10/h6-7,11H,3-5,8H2,1-2H3,(H2,14,17)(H2,15,16,18)/t11-/m0/s1. The highest BCUT2D eigenvalue weighted by atomic mass is 32.1. The van der Waals surface area contributed by atoms with E-state index in [2.05, 4.69) is 10.6 Å². The number of amides is 3. The molecule has 6 heteroatoms. The Morgan fingerprint density at radius 1 is 1.42 bits per heavy atom. The second-order valence-electron chi connectivity index (χ2n) is 4.44. The summed E-state index contributed by atoms with van der Waals surface area (Å²) in [4.78, 5) is 25.2. The Morgan fingerprint density at radius 2 is 2.16 bits per heavy atom. The minimum absolute atomic E-state index is 0.356. The van der Waals surface area contributed by atoms with Crippen LogP contribution in [0.2, 0.25) is 0 Å². The minimum atomic E-state index is -0.593. The van der Waals surface area contributed by atoms with Crippen molar-refractivity contribution in [2.75, 3.05) is 0 Å². The maximum atomic E-state index is 11.7. The number of hydrogen-bond acceptors (Lipinski definition) is 3. The monoisotopic (exact) mass is 283 g/mol. The van der Waals surface area contributed by atoms with E-state index in [4.69, 9.17) is 5.73 Å². The van der Waals surface area contributed by atoms with Crippen LogP contribution in [0, 0.1) is 6.92 Å². The molecule has 0 bridgehead atoms. The molecule has 1 heterocycles. The van der Waals surface area contributed by atoms with Crippen molar-refractivity contribution in [3.63, 3.8) is 0 Å². The lowest BCUT2D eigenvalue weighted by Crippen LogP contribution is -2.48. The average Bonchev–Trinajstić information content (AvgIpc) is 2.77. The van der Waals surface area contributed by atoms with Gasteiger partial charge in [0.2, 0.25) is 5.91 Å². The number of unbranched alkanes of at least 4 members (excludes halogenated alkanes) is 1. The largest absolute Gasteiger partial charge is 0.368 e. The molecule has 19 heavy (non-hydrogen) atoms. The third-order valence-electron chi connectivity index (χ3n) is 2.71. The molecule has 0 unspecified atom stereocenters. The summed E-state index contributed by atoms with van der Waals surface area (Å²) in [5.41, 5.74) is 5.26. The van der Waals surface area contributed by atoms with Crippen LogP contribution in [0.5, 0.6) is 0 Å². The highest BCUT2D eigenvalue weighted by Gasteiger charge is 2.16. The molecule has 0 saturated carbocycles. The van der Waals surface area contributed by atoms with Crippen LogP contribution < -0.4 is 16.4 Å². The first-order valence-corrected chi connectivity index (χ1v) is 7.23. The summed E-state index contributed by atoms with van der Waals surface area (Å²) in [5, 5.41) is 5.34. The van der Waals surface area contributed by atoms with E-state index < -0.39 is 11.9 Å². The summed E-state index contributed by atoms with van der Waals surface area (Å²) >= 11 is 1.63. The number of urea groups is 1. The predicted octanol–water partition coefficient (Wildman–Crippen LogP) is 1.90. The predicted molar refractivity (Wildman–Crippen MR) is 76.9 cm³/mol. The Morgan fingerprint density at radius 3 is 2.68 bits per heavy atom.